The van der Waals surface area contributed by atoms with E-state index in [4.69, 9.17) is 14.2 Å². The number of para-hydroxylation sites is 1. The quantitative estimate of drug-likeness (QED) is 0.224. The van der Waals surface area contributed by atoms with Crippen LogP contribution in [-0.4, -0.2) is 63.6 Å². The number of anilines is 1. The smallest absolute Gasteiger partial charge is 0.348 e. The van der Waals surface area contributed by atoms with Crippen LogP contribution in [-0.2, 0) is 32.7 Å². The number of nitrogens with one attached hydrogen (secondary N) is 2. The number of ether oxygens (including phenoxy) is 3. The van der Waals surface area contributed by atoms with Crippen LogP contribution < -0.4 is 15.4 Å². The minimum atomic E-state index is -0.645. The monoisotopic (exact) mass is 589 g/mol. The summed E-state index contributed by atoms with van der Waals surface area (Å²) in [4.78, 5) is 50.4. The number of benzene rings is 1. The number of nitrogens with zero attached hydrogens (tertiary/aromatic N) is 3. The molecule has 0 radical (unpaired) electrons. The molecule has 2 amide bonds. The van der Waals surface area contributed by atoms with E-state index in [0.29, 0.717) is 22.3 Å². The third kappa shape index (κ3) is 7.82. The molecule has 3 rings (SSSR count). The summed E-state index contributed by atoms with van der Waals surface area (Å²) < 4.78 is 17.3. The van der Waals surface area contributed by atoms with Crippen LogP contribution >= 0.6 is 23.1 Å². The van der Waals surface area contributed by atoms with Crippen LogP contribution in [0, 0.1) is 6.92 Å². The lowest BCUT2D eigenvalue weighted by molar-refractivity contribution is -0.123. The van der Waals surface area contributed by atoms with Gasteiger partial charge in [0.2, 0.25) is 5.91 Å². The van der Waals surface area contributed by atoms with Gasteiger partial charge >= 0.3 is 11.9 Å². The summed E-state index contributed by atoms with van der Waals surface area (Å²) in [5.74, 6) is -0.879. The van der Waals surface area contributed by atoms with E-state index in [1.807, 2.05) is 18.2 Å². The van der Waals surface area contributed by atoms with Gasteiger partial charge in [-0.1, -0.05) is 30.0 Å². The predicted octanol–water partition coefficient (Wildman–Crippen LogP) is 3.35. The van der Waals surface area contributed by atoms with Gasteiger partial charge in [0.25, 0.3) is 5.91 Å². The minimum Gasteiger partial charge on any atom is -0.484 e. The zero-order valence-electron chi connectivity index (χ0n) is 22.8. The zero-order valence-corrected chi connectivity index (χ0v) is 24.4. The van der Waals surface area contributed by atoms with Gasteiger partial charge in [-0.3, -0.25) is 9.59 Å². The maximum absolute atomic E-state index is 13.1. The lowest BCUT2D eigenvalue weighted by Gasteiger charge is -2.12. The molecule has 14 heteroatoms. The van der Waals surface area contributed by atoms with Crippen LogP contribution in [0.25, 0.3) is 0 Å². The van der Waals surface area contributed by atoms with Crippen molar-refractivity contribution in [1.29, 1.82) is 0 Å². The number of amides is 2. The van der Waals surface area contributed by atoms with Crippen LogP contribution in [0.4, 0.5) is 5.00 Å². The first-order valence-electron chi connectivity index (χ1n) is 12.4. The molecule has 0 aliphatic carbocycles. The van der Waals surface area contributed by atoms with Crippen molar-refractivity contribution in [3.63, 3.8) is 0 Å². The van der Waals surface area contributed by atoms with E-state index in [2.05, 4.69) is 20.8 Å². The van der Waals surface area contributed by atoms with Crippen molar-refractivity contribution in [1.82, 2.24) is 20.1 Å². The van der Waals surface area contributed by atoms with E-state index in [1.165, 1.54) is 0 Å². The molecule has 0 aliphatic rings. The Morgan fingerprint density at radius 2 is 1.73 bits per heavy atom. The summed E-state index contributed by atoms with van der Waals surface area (Å²) >= 11 is 2.11. The molecule has 3 aromatic rings. The Morgan fingerprint density at radius 1 is 1.05 bits per heavy atom. The number of carbonyl (C=O) groups is 4. The number of hydrogen-bond donors (Lipinski definition) is 2. The lowest BCUT2D eigenvalue weighted by atomic mass is 10.1. The second-order valence-corrected chi connectivity index (χ2v) is 10.6. The van der Waals surface area contributed by atoms with Gasteiger partial charge in [-0.15, -0.1) is 21.5 Å². The van der Waals surface area contributed by atoms with Crippen molar-refractivity contribution in [2.45, 2.75) is 44.6 Å². The molecule has 1 unspecified atom stereocenters. The Kier molecular flexibility index (Phi) is 11.1. The highest BCUT2D eigenvalue weighted by atomic mass is 32.2. The van der Waals surface area contributed by atoms with Crippen LogP contribution in [0.3, 0.4) is 0 Å². The van der Waals surface area contributed by atoms with Crippen molar-refractivity contribution in [3.8, 4) is 5.75 Å². The molecule has 214 valence electrons. The van der Waals surface area contributed by atoms with Crippen molar-refractivity contribution in [3.05, 3.63) is 52.2 Å². The first kappa shape index (κ1) is 30.6. The Hall–Kier alpha value is -3.91. The van der Waals surface area contributed by atoms with Gasteiger partial charge < -0.3 is 29.4 Å². The van der Waals surface area contributed by atoms with Crippen LogP contribution in [0.15, 0.2) is 35.5 Å². The molecule has 1 aromatic carbocycles. The normalized spacial score (nSPS) is 11.4. The van der Waals surface area contributed by atoms with Crippen LogP contribution in [0.2, 0.25) is 0 Å². The molecular formula is C26H31N5O7S2. The molecule has 1 atom stereocenters. The molecule has 2 aromatic heterocycles. The Bertz CT molecular complexity index is 1360. The minimum absolute atomic E-state index is 0.119. The Morgan fingerprint density at radius 3 is 2.40 bits per heavy atom. The fourth-order valence-corrected chi connectivity index (χ4v) is 5.29. The van der Waals surface area contributed by atoms with Gasteiger partial charge in [0.1, 0.15) is 15.6 Å². The van der Waals surface area contributed by atoms with Crippen LogP contribution in [0.1, 0.15) is 52.2 Å². The zero-order chi connectivity index (χ0) is 29.2. The number of thioether (sulfide) groups is 1. The number of esters is 2. The Labute approximate surface area is 239 Å². The first-order valence-corrected chi connectivity index (χ1v) is 14.1. The molecule has 40 heavy (non-hydrogen) atoms. The maximum atomic E-state index is 13.1. The van der Waals surface area contributed by atoms with Crippen molar-refractivity contribution in [2.24, 2.45) is 7.05 Å². The van der Waals surface area contributed by atoms with E-state index < -0.39 is 23.1 Å². The highest BCUT2D eigenvalue weighted by Crippen LogP contribution is 2.35. The van der Waals surface area contributed by atoms with Gasteiger partial charge in [-0.05, 0) is 45.4 Å². The molecule has 0 spiro atoms. The first-order chi connectivity index (χ1) is 19.2. The third-order valence-corrected chi connectivity index (χ3v) is 7.78. The molecule has 0 fully saturated rings. The van der Waals surface area contributed by atoms with Gasteiger partial charge in [-0.2, -0.15) is 0 Å². The summed E-state index contributed by atoms with van der Waals surface area (Å²) in [5, 5.41) is 13.7. The van der Waals surface area contributed by atoms with Crippen molar-refractivity contribution >= 4 is 51.9 Å². The van der Waals surface area contributed by atoms with Crippen LogP contribution in [0.5, 0.6) is 5.75 Å². The SMILES string of the molecule is CCOC(=O)c1sc(NC(=O)C(C)Sc2nnc(CNC(=O)COc3ccccc3)n2C)c(C(=O)OCC)c1C. The number of aromatic nitrogens is 3. The molecule has 0 bridgehead atoms. The second kappa shape index (κ2) is 14.5. The highest BCUT2D eigenvalue weighted by molar-refractivity contribution is 8.00. The number of rotatable bonds is 13. The topological polar surface area (TPSA) is 151 Å². The average molecular weight is 590 g/mol. The van der Waals surface area contributed by atoms with E-state index in [-0.39, 0.29) is 47.7 Å². The van der Waals surface area contributed by atoms with Gasteiger partial charge in [0.15, 0.2) is 17.6 Å². The second-order valence-electron chi connectivity index (χ2n) is 8.29. The number of hydrogen-bond acceptors (Lipinski definition) is 11. The largest absolute Gasteiger partial charge is 0.484 e. The maximum Gasteiger partial charge on any atom is 0.348 e. The summed E-state index contributed by atoms with van der Waals surface area (Å²) in [6, 6.07) is 9.00. The van der Waals surface area contributed by atoms with E-state index in [1.54, 1.807) is 51.4 Å². The summed E-state index contributed by atoms with van der Waals surface area (Å²) in [6.07, 6.45) is 0. The molecule has 0 saturated heterocycles. The average Bonchev–Trinajstić information content (AvgIpc) is 3.45. The van der Waals surface area contributed by atoms with Crippen molar-refractivity contribution < 1.29 is 33.4 Å². The highest BCUT2D eigenvalue weighted by Gasteiger charge is 2.29. The molecule has 0 aliphatic heterocycles. The van der Waals surface area contributed by atoms with E-state index in [9.17, 15) is 19.2 Å². The molecular weight excluding hydrogens is 558 g/mol. The number of thiophene rings is 1. The Balaban J connectivity index is 1.62. The summed E-state index contributed by atoms with van der Waals surface area (Å²) in [7, 11) is 1.72. The van der Waals surface area contributed by atoms with Gasteiger partial charge in [0.05, 0.1) is 30.6 Å². The summed E-state index contributed by atoms with van der Waals surface area (Å²) in [6.45, 7) is 6.92. The summed E-state index contributed by atoms with van der Waals surface area (Å²) in [5.41, 5.74) is 0.500. The fraction of sp³-hybridized carbons (Fsp3) is 0.385. The fourth-order valence-electron chi connectivity index (χ4n) is 3.36. The standard InChI is InChI=1S/C26H31N5O7S2/c1-6-36-24(34)20-15(3)21(25(35)37-7-2)40-23(20)28-22(33)16(4)39-26-30-29-18(31(26)5)13-27-19(32)14-38-17-11-9-8-10-12-17/h8-12,16H,6-7,13-14H2,1-5H3,(H,27,32)(H,28,33). The molecule has 2 heterocycles. The molecule has 0 saturated carbocycles. The lowest BCUT2D eigenvalue weighted by Crippen LogP contribution is -2.29. The van der Waals surface area contributed by atoms with Crippen molar-refractivity contribution in [2.75, 3.05) is 25.1 Å². The van der Waals surface area contributed by atoms with E-state index in [0.717, 1.165) is 23.1 Å². The molecule has 12 nitrogen and oxygen atoms in total. The predicted molar refractivity (Wildman–Crippen MR) is 150 cm³/mol. The van der Waals surface area contributed by atoms with Gasteiger partial charge in [-0.25, -0.2) is 9.59 Å². The van der Waals surface area contributed by atoms with Gasteiger partial charge in [0, 0.05) is 7.05 Å². The number of carbonyl (C=O) groups excluding carboxylic acids is 4. The molecule has 2 N–H and O–H groups in total. The van der Waals surface area contributed by atoms with E-state index >= 15 is 0 Å². The third-order valence-electron chi connectivity index (χ3n) is 5.46.